The van der Waals surface area contributed by atoms with E-state index in [4.69, 9.17) is 21.3 Å². The van der Waals surface area contributed by atoms with Gasteiger partial charge < -0.3 is 19.6 Å². The quantitative estimate of drug-likeness (QED) is 0.523. The summed E-state index contributed by atoms with van der Waals surface area (Å²) in [6, 6.07) is 13.2. The number of anilines is 1. The number of pyridine rings is 1. The van der Waals surface area contributed by atoms with Crippen molar-refractivity contribution in [2.75, 3.05) is 70.5 Å². The summed E-state index contributed by atoms with van der Waals surface area (Å²) in [5.74, 6) is 0.649. The van der Waals surface area contributed by atoms with E-state index in [1.54, 1.807) is 23.1 Å². The number of ether oxygens (including phenoxy) is 1. The van der Waals surface area contributed by atoms with Gasteiger partial charge in [-0.3, -0.25) is 24.4 Å². The summed E-state index contributed by atoms with van der Waals surface area (Å²) in [6.07, 6.45) is 0.670. The summed E-state index contributed by atoms with van der Waals surface area (Å²) in [5.41, 5.74) is 4.07. The topological polar surface area (TPSA) is 89.5 Å². The maximum atomic E-state index is 14.0. The molecule has 0 radical (unpaired) electrons. The van der Waals surface area contributed by atoms with Gasteiger partial charge in [-0.1, -0.05) is 29.8 Å². The fourth-order valence-electron chi connectivity index (χ4n) is 5.83. The van der Waals surface area contributed by atoms with E-state index in [0.717, 1.165) is 35.2 Å². The highest BCUT2D eigenvalue weighted by molar-refractivity contribution is 6.31. The summed E-state index contributed by atoms with van der Waals surface area (Å²) < 4.78 is 5.72. The Bertz CT molecular complexity index is 1410. The summed E-state index contributed by atoms with van der Waals surface area (Å²) in [5, 5.41) is 10.7. The average molecular weight is 550 g/mol. The van der Waals surface area contributed by atoms with Crippen molar-refractivity contribution in [3.05, 3.63) is 64.3 Å². The van der Waals surface area contributed by atoms with Crippen molar-refractivity contribution < 1.29 is 19.4 Å². The second kappa shape index (κ2) is 11.1. The van der Waals surface area contributed by atoms with Crippen molar-refractivity contribution in [2.24, 2.45) is 0 Å². The molecule has 1 fully saturated rings. The molecule has 0 atom stereocenters. The Morgan fingerprint density at radius 3 is 2.64 bits per heavy atom. The molecule has 0 aliphatic carbocycles. The molecule has 4 heterocycles. The molecule has 3 aliphatic heterocycles. The highest BCUT2D eigenvalue weighted by atomic mass is 35.5. The monoisotopic (exact) mass is 549 g/mol. The second-order valence-corrected chi connectivity index (χ2v) is 10.7. The molecule has 1 aromatic heterocycles. The number of benzene rings is 2. The fraction of sp³-hybridized carbons (Fsp3) is 0.414. The van der Waals surface area contributed by atoms with Gasteiger partial charge in [-0.2, -0.15) is 0 Å². The first kappa shape index (κ1) is 26.0. The normalized spacial score (nSPS) is 18.0. The van der Waals surface area contributed by atoms with Gasteiger partial charge in [0.2, 0.25) is 5.91 Å². The van der Waals surface area contributed by atoms with Crippen molar-refractivity contribution in [2.45, 2.75) is 13.0 Å². The van der Waals surface area contributed by atoms with Crippen LogP contribution in [0.1, 0.15) is 21.6 Å². The van der Waals surface area contributed by atoms with Crippen molar-refractivity contribution in [3.63, 3.8) is 0 Å². The molecule has 9 nitrogen and oxygen atoms in total. The number of fused-ring (bicyclic) bond motifs is 3. The number of hydrogen-bond acceptors (Lipinski definition) is 7. The number of hydrogen-bond donors (Lipinski definition) is 1. The van der Waals surface area contributed by atoms with Crippen LogP contribution in [0.25, 0.3) is 10.9 Å². The molecule has 3 aromatic rings. The van der Waals surface area contributed by atoms with Gasteiger partial charge in [0, 0.05) is 73.9 Å². The average Bonchev–Trinajstić information content (AvgIpc) is 2.96. The zero-order valence-corrected chi connectivity index (χ0v) is 22.6. The van der Waals surface area contributed by atoms with Crippen LogP contribution in [-0.4, -0.2) is 102 Å². The third-order valence-corrected chi connectivity index (χ3v) is 8.09. The Morgan fingerprint density at radius 1 is 1.00 bits per heavy atom. The second-order valence-electron chi connectivity index (χ2n) is 10.3. The van der Waals surface area contributed by atoms with E-state index < -0.39 is 0 Å². The molecule has 1 saturated heterocycles. The number of aliphatic hydroxyl groups is 1. The minimum absolute atomic E-state index is 0.0124. The summed E-state index contributed by atoms with van der Waals surface area (Å²) in [6.45, 7) is 5.75. The van der Waals surface area contributed by atoms with Gasteiger partial charge in [0.1, 0.15) is 12.4 Å². The van der Waals surface area contributed by atoms with Crippen LogP contribution in [-0.2, 0) is 17.8 Å². The van der Waals surface area contributed by atoms with Gasteiger partial charge in [-0.05, 0) is 24.3 Å². The summed E-state index contributed by atoms with van der Waals surface area (Å²) in [4.78, 5) is 40.4. The molecule has 204 valence electrons. The minimum Gasteiger partial charge on any atom is -0.490 e. The van der Waals surface area contributed by atoms with Gasteiger partial charge in [-0.15, -0.1) is 0 Å². The van der Waals surface area contributed by atoms with E-state index in [-0.39, 0.29) is 25.0 Å². The Morgan fingerprint density at radius 2 is 1.82 bits per heavy atom. The Balaban J connectivity index is 1.26. The number of piperazine rings is 1. The summed E-state index contributed by atoms with van der Waals surface area (Å²) >= 11 is 6.22. The Kier molecular flexibility index (Phi) is 7.40. The molecule has 0 bridgehead atoms. The highest BCUT2D eigenvalue weighted by Gasteiger charge is 2.32. The fourth-order valence-corrected chi connectivity index (χ4v) is 5.99. The van der Waals surface area contributed by atoms with Gasteiger partial charge in [-0.25, -0.2) is 0 Å². The van der Waals surface area contributed by atoms with Crippen LogP contribution in [0.5, 0.6) is 5.75 Å². The van der Waals surface area contributed by atoms with Crippen LogP contribution >= 0.6 is 11.6 Å². The molecule has 1 N–H and O–H groups in total. The zero-order valence-electron chi connectivity index (χ0n) is 21.8. The van der Waals surface area contributed by atoms with E-state index in [1.165, 1.54) is 0 Å². The van der Waals surface area contributed by atoms with Gasteiger partial charge in [0.15, 0.2) is 0 Å². The molecule has 0 unspecified atom stereocenters. The number of amides is 2. The van der Waals surface area contributed by atoms with Crippen LogP contribution < -0.4 is 9.64 Å². The molecule has 39 heavy (non-hydrogen) atoms. The molecule has 10 heteroatoms. The lowest BCUT2D eigenvalue weighted by atomic mass is 9.94. The first-order valence-electron chi connectivity index (χ1n) is 13.5. The Hall–Kier alpha value is -3.24. The lowest BCUT2D eigenvalue weighted by Gasteiger charge is -2.36. The molecule has 0 saturated carbocycles. The highest BCUT2D eigenvalue weighted by Crippen LogP contribution is 2.35. The van der Waals surface area contributed by atoms with Gasteiger partial charge >= 0.3 is 0 Å². The van der Waals surface area contributed by atoms with E-state index in [9.17, 15) is 14.7 Å². The van der Waals surface area contributed by atoms with Crippen LogP contribution in [0.4, 0.5) is 5.69 Å². The first-order chi connectivity index (χ1) is 19.0. The van der Waals surface area contributed by atoms with Crippen molar-refractivity contribution in [3.8, 4) is 5.75 Å². The number of nitrogens with zero attached hydrogens (tertiary/aromatic N) is 5. The predicted molar refractivity (Wildman–Crippen MR) is 149 cm³/mol. The van der Waals surface area contributed by atoms with Gasteiger partial charge in [0.25, 0.3) is 5.91 Å². The van der Waals surface area contributed by atoms with Crippen molar-refractivity contribution in [1.29, 1.82) is 0 Å². The molecule has 2 aromatic carbocycles. The maximum absolute atomic E-state index is 14.0. The lowest BCUT2D eigenvalue weighted by molar-refractivity contribution is -0.120. The molecule has 2 amide bonds. The number of para-hydroxylation sites is 1. The number of carbonyl (C=O) groups excluding carboxylic acids is 2. The number of rotatable bonds is 5. The third kappa shape index (κ3) is 5.19. The predicted octanol–water partition coefficient (Wildman–Crippen LogP) is 2.42. The largest absolute Gasteiger partial charge is 0.490 e. The van der Waals surface area contributed by atoms with E-state index in [0.29, 0.717) is 74.3 Å². The zero-order chi connectivity index (χ0) is 26.9. The Labute approximate surface area is 232 Å². The van der Waals surface area contributed by atoms with Crippen molar-refractivity contribution >= 4 is 40.0 Å². The standard InChI is InChI=1S/C29H32ClN5O4/c30-20-5-6-26-25(17-20)35(14-16-39-26)27(37)19-33-8-7-24-22(18-33)28(21-3-1-2-4-23(21)31-24)29(38)34-11-9-32(10-12-34)13-15-36/h1-6,17,36H,7-16,18-19H2. The number of aromatic nitrogens is 1. The number of carbonyl (C=O) groups is 2. The van der Waals surface area contributed by atoms with Crippen LogP contribution in [0.3, 0.4) is 0 Å². The van der Waals surface area contributed by atoms with Crippen LogP contribution in [0.2, 0.25) is 5.02 Å². The third-order valence-electron chi connectivity index (χ3n) is 7.86. The van der Waals surface area contributed by atoms with E-state index >= 15 is 0 Å². The molecular weight excluding hydrogens is 518 g/mol. The van der Waals surface area contributed by atoms with Gasteiger partial charge in [0.05, 0.1) is 36.5 Å². The summed E-state index contributed by atoms with van der Waals surface area (Å²) in [7, 11) is 0. The van der Waals surface area contributed by atoms with Crippen LogP contribution in [0.15, 0.2) is 42.5 Å². The SMILES string of the molecule is O=C(c1c2c(nc3ccccc13)CCN(CC(=O)N1CCOc3ccc(Cl)cc31)C2)N1CCN(CCO)CC1. The number of halogens is 1. The molecular formula is C29H32ClN5O4. The molecule has 6 rings (SSSR count). The van der Waals surface area contributed by atoms with E-state index in [2.05, 4.69) is 9.80 Å². The van der Waals surface area contributed by atoms with Crippen molar-refractivity contribution in [1.82, 2.24) is 19.7 Å². The first-order valence-corrected chi connectivity index (χ1v) is 13.9. The lowest BCUT2D eigenvalue weighted by Crippen LogP contribution is -2.50. The maximum Gasteiger partial charge on any atom is 0.255 e. The minimum atomic E-state index is -0.0214. The molecule has 0 spiro atoms. The number of β-amino-alcohol motifs (C(OH)–C–C–N with tert-alkyl or cyclic N) is 1. The van der Waals surface area contributed by atoms with Crippen LogP contribution in [0, 0.1) is 0 Å². The smallest absolute Gasteiger partial charge is 0.255 e. The van der Waals surface area contributed by atoms with E-state index in [1.807, 2.05) is 29.2 Å². The number of aliphatic hydroxyl groups excluding tert-OH is 1. The molecule has 3 aliphatic rings.